The van der Waals surface area contributed by atoms with E-state index in [1.165, 1.54) is 17.1 Å². The summed E-state index contributed by atoms with van der Waals surface area (Å²) in [5.74, 6) is 1.30. The van der Waals surface area contributed by atoms with Gasteiger partial charge in [-0.05, 0) is 48.0 Å². The predicted molar refractivity (Wildman–Crippen MR) is 106 cm³/mol. The van der Waals surface area contributed by atoms with E-state index in [1.54, 1.807) is 7.11 Å². The van der Waals surface area contributed by atoms with Crippen molar-refractivity contribution < 1.29 is 9.53 Å². The molecule has 0 aliphatic rings. The summed E-state index contributed by atoms with van der Waals surface area (Å²) in [4.78, 5) is 15.6. The summed E-state index contributed by atoms with van der Waals surface area (Å²) in [6.07, 6.45) is 0. The van der Waals surface area contributed by atoms with Crippen molar-refractivity contribution in [2.24, 2.45) is 0 Å². The molecule has 0 N–H and O–H groups in total. The number of amides is 1. The lowest BCUT2D eigenvalue weighted by Gasteiger charge is -2.21. The highest BCUT2D eigenvalue weighted by Gasteiger charge is 2.14. The summed E-state index contributed by atoms with van der Waals surface area (Å²) < 4.78 is 5.23. The summed E-state index contributed by atoms with van der Waals surface area (Å²) in [5, 5.41) is 2.33. The van der Waals surface area contributed by atoms with E-state index >= 15 is 0 Å². The molecule has 0 fully saturated rings. The summed E-state index contributed by atoms with van der Waals surface area (Å²) in [5.41, 5.74) is 0.942. The maximum atomic E-state index is 12.7. The van der Waals surface area contributed by atoms with Crippen molar-refractivity contribution in [2.75, 3.05) is 24.3 Å². The smallest absolute Gasteiger partial charge is 0.237 e. The molecular formula is C21H21NO2S. The zero-order valence-electron chi connectivity index (χ0n) is 14.4. The van der Waals surface area contributed by atoms with Gasteiger partial charge in [-0.2, -0.15) is 0 Å². The number of hydrogen-bond donors (Lipinski definition) is 0. The van der Waals surface area contributed by atoms with Gasteiger partial charge in [0.2, 0.25) is 5.91 Å². The molecule has 0 saturated carbocycles. The highest BCUT2D eigenvalue weighted by molar-refractivity contribution is 8.00. The first-order valence-corrected chi connectivity index (χ1v) is 9.26. The average molecular weight is 351 g/mol. The first-order chi connectivity index (χ1) is 12.2. The number of benzene rings is 3. The van der Waals surface area contributed by atoms with Crippen molar-refractivity contribution in [3.8, 4) is 5.75 Å². The fourth-order valence-electron chi connectivity index (χ4n) is 2.76. The summed E-state index contributed by atoms with van der Waals surface area (Å²) in [7, 11) is 1.65. The lowest BCUT2D eigenvalue weighted by atomic mass is 10.1. The van der Waals surface area contributed by atoms with Crippen LogP contribution in [0.1, 0.15) is 6.92 Å². The molecule has 3 aromatic carbocycles. The van der Waals surface area contributed by atoms with Crippen LogP contribution in [-0.2, 0) is 4.79 Å². The Labute approximate surface area is 152 Å². The molecule has 0 aromatic heterocycles. The molecule has 0 radical (unpaired) electrons. The molecule has 3 rings (SSSR count). The number of nitrogens with zero attached hydrogens (tertiary/aromatic N) is 1. The normalized spacial score (nSPS) is 10.6. The molecule has 0 aliphatic carbocycles. The Bertz CT molecular complexity index is 878. The number of fused-ring (bicyclic) bond motifs is 1. The van der Waals surface area contributed by atoms with E-state index in [-0.39, 0.29) is 5.91 Å². The zero-order valence-corrected chi connectivity index (χ0v) is 15.3. The van der Waals surface area contributed by atoms with Crippen LogP contribution in [0.15, 0.2) is 71.6 Å². The summed E-state index contributed by atoms with van der Waals surface area (Å²) in [6.45, 7) is 2.65. The molecule has 25 heavy (non-hydrogen) atoms. The van der Waals surface area contributed by atoms with E-state index in [2.05, 4.69) is 24.3 Å². The van der Waals surface area contributed by atoms with Gasteiger partial charge in [0, 0.05) is 17.1 Å². The van der Waals surface area contributed by atoms with Crippen molar-refractivity contribution in [1.29, 1.82) is 0 Å². The van der Waals surface area contributed by atoms with E-state index < -0.39 is 0 Å². The van der Waals surface area contributed by atoms with Crippen LogP contribution in [0.2, 0.25) is 0 Å². The van der Waals surface area contributed by atoms with Crippen LogP contribution in [-0.4, -0.2) is 25.3 Å². The Hall–Kier alpha value is -2.46. The molecular weight excluding hydrogens is 330 g/mol. The SMILES string of the molecule is CCN(C(=O)CSc1cccc(OC)c1)c1ccc2ccccc2c1. The van der Waals surface area contributed by atoms with Gasteiger partial charge in [0.1, 0.15) is 5.75 Å². The monoisotopic (exact) mass is 351 g/mol. The quantitative estimate of drug-likeness (QED) is 0.586. The molecule has 4 heteroatoms. The lowest BCUT2D eigenvalue weighted by molar-refractivity contribution is -0.116. The Kier molecular flexibility index (Phi) is 5.61. The predicted octanol–water partition coefficient (Wildman–Crippen LogP) is 4.99. The number of carbonyl (C=O) groups is 1. The maximum absolute atomic E-state index is 12.7. The summed E-state index contributed by atoms with van der Waals surface area (Å²) >= 11 is 1.53. The number of methoxy groups -OCH3 is 1. The number of carbonyl (C=O) groups excluding carboxylic acids is 1. The third-order valence-electron chi connectivity index (χ3n) is 4.07. The largest absolute Gasteiger partial charge is 0.497 e. The van der Waals surface area contributed by atoms with Gasteiger partial charge in [-0.3, -0.25) is 4.79 Å². The van der Waals surface area contributed by atoms with Gasteiger partial charge < -0.3 is 9.64 Å². The van der Waals surface area contributed by atoms with E-state index in [0.29, 0.717) is 12.3 Å². The Morgan fingerprint density at radius 1 is 1.00 bits per heavy atom. The zero-order chi connectivity index (χ0) is 17.6. The highest BCUT2D eigenvalue weighted by Crippen LogP contribution is 2.26. The molecule has 0 atom stereocenters. The number of hydrogen-bond acceptors (Lipinski definition) is 3. The Balaban J connectivity index is 1.73. The van der Waals surface area contributed by atoms with E-state index in [9.17, 15) is 4.79 Å². The number of ether oxygens (including phenoxy) is 1. The van der Waals surface area contributed by atoms with Crippen LogP contribution < -0.4 is 9.64 Å². The second-order valence-electron chi connectivity index (χ2n) is 5.64. The molecule has 0 unspecified atom stereocenters. The van der Waals surface area contributed by atoms with Crippen molar-refractivity contribution in [3.63, 3.8) is 0 Å². The van der Waals surface area contributed by atoms with Gasteiger partial charge in [-0.15, -0.1) is 11.8 Å². The minimum absolute atomic E-state index is 0.102. The first kappa shape index (κ1) is 17.4. The van der Waals surface area contributed by atoms with Gasteiger partial charge >= 0.3 is 0 Å². The topological polar surface area (TPSA) is 29.5 Å². The van der Waals surface area contributed by atoms with Crippen LogP contribution in [0.3, 0.4) is 0 Å². The second-order valence-corrected chi connectivity index (χ2v) is 6.69. The van der Waals surface area contributed by atoms with Gasteiger partial charge in [-0.25, -0.2) is 0 Å². The highest BCUT2D eigenvalue weighted by atomic mass is 32.2. The number of thioether (sulfide) groups is 1. The average Bonchev–Trinajstić information content (AvgIpc) is 2.67. The first-order valence-electron chi connectivity index (χ1n) is 8.27. The molecule has 0 spiro atoms. The molecule has 0 saturated heterocycles. The lowest BCUT2D eigenvalue weighted by Crippen LogP contribution is -2.32. The van der Waals surface area contributed by atoms with Crippen LogP contribution in [0.5, 0.6) is 5.75 Å². The number of anilines is 1. The molecule has 0 bridgehead atoms. The van der Waals surface area contributed by atoms with Crippen LogP contribution in [0.4, 0.5) is 5.69 Å². The third kappa shape index (κ3) is 4.15. The van der Waals surface area contributed by atoms with E-state index in [0.717, 1.165) is 21.7 Å². The summed E-state index contributed by atoms with van der Waals surface area (Å²) in [6, 6.07) is 22.1. The van der Waals surface area contributed by atoms with Gasteiger partial charge in [0.05, 0.1) is 12.9 Å². The number of rotatable bonds is 6. The fourth-order valence-corrected chi connectivity index (χ4v) is 3.58. The molecule has 0 heterocycles. The minimum atomic E-state index is 0.102. The molecule has 1 amide bonds. The van der Waals surface area contributed by atoms with Crippen LogP contribution >= 0.6 is 11.8 Å². The third-order valence-corrected chi connectivity index (χ3v) is 5.04. The van der Waals surface area contributed by atoms with Gasteiger partial charge in [0.15, 0.2) is 0 Å². The van der Waals surface area contributed by atoms with Crippen LogP contribution in [0, 0.1) is 0 Å². The molecule has 0 aliphatic heterocycles. The van der Waals surface area contributed by atoms with Gasteiger partial charge in [0.25, 0.3) is 0 Å². The van der Waals surface area contributed by atoms with Crippen LogP contribution in [0.25, 0.3) is 10.8 Å². The maximum Gasteiger partial charge on any atom is 0.237 e. The van der Waals surface area contributed by atoms with E-state index in [1.807, 2.05) is 54.3 Å². The van der Waals surface area contributed by atoms with Crippen molar-refractivity contribution in [3.05, 3.63) is 66.7 Å². The van der Waals surface area contributed by atoms with E-state index in [4.69, 9.17) is 4.74 Å². The standard InChI is InChI=1S/C21H21NO2S/c1-3-22(18-12-11-16-7-4-5-8-17(16)13-18)21(23)15-25-20-10-6-9-19(14-20)24-2/h4-14H,3,15H2,1-2H3. The Morgan fingerprint density at radius 3 is 2.56 bits per heavy atom. The van der Waals surface area contributed by atoms with Gasteiger partial charge in [-0.1, -0.05) is 36.4 Å². The minimum Gasteiger partial charge on any atom is -0.497 e. The molecule has 128 valence electrons. The second kappa shape index (κ2) is 8.08. The van der Waals surface area contributed by atoms with Crippen molar-refractivity contribution in [1.82, 2.24) is 0 Å². The Morgan fingerprint density at radius 2 is 1.80 bits per heavy atom. The molecule has 3 aromatic rings. The van der Waals surface area contributed by atoms with Crippen molar-refractivity contribution in [2.45, 2.75) is 11.8 Å². The molecule has 3 nitrogen and oxygen atoms in total. The van der Waals surface area contributed by atoms with Crippen molar-refractivity contribution >= 4 is 34.1 Å². The fraction of sp³-hybridized carbons (Fsp3) is 0.190.